The predicted molar refractivity (Wildman–Crippen MR) is 95.5 cm³/mol. The van der Waals surface area contributed by atoms with Crippen LogP contribution in [0.4, 0.5) is 4.79 Å². The van der Waals surface area contributed by atoms with Crippen molar-refractivity contribution in [2.75, 3.05) is 39.3 Å². The Morgan fingerprint density at radius 2 is 1.56 bits per heavy atom. The van der Waals surface area contributed by atoms with Crippen LogP contribution in [0.5, 0.6) is 0 Å². The van der Waals surface area contributed by atoms with Gasteiger partial charge in [0.1, 0.15) is 5.60 Å². The van der Waals surface area contributed by atoms with E-state index < -0.39 is 5.60 Å². The molecule has 0 atom stereocenters. The molecule has 136 valence electrons. The van der Waals surface area contributed by atoms with Gasteiger partial charge in [-0.25, -0.2) is 4.79 Å². The van der Waals surface area contributed by atoms with Crippen LogP contribution in [0.1, 0.15) is 31.1 Å². The molecule has 25 heavy (non-hydrogen) atoms. The lowest BCUT2D eigenvalue weighted by Gasteiger charge is -2.47. The van der Waals surface area contributed by atoms with Gasteiger partial charge < -0.3 is 14.5 Å². The number of likely N-dealkylation sites (tertiary alicyclic amines) is 1. The zero-order valence-electron chi connectivity index (χ0n) is 15.3. The number of hydrogen-bond donors (Lipinski definition) is 0. The van der Waals surface area contributed by atoms with E-state index in [9.17, 15) is 9.59 Å². The Labute approximate surface area is 149 Å². The maximum atomic E-state index is 12.5. The molecule has 3 rings (SSSR count). The molecule has 2 heterocycles. The fraction of sp³-hybridized carbons (Fsp3) is 0.579. The molecule has 0 aromatic heterocycles. The molecule has 1 aromatic rings. The molecule has 0 bridgehead atoms. The first-order valence-corrected chi connectivity index (χ1v) is 8.90. The Morgan fingerprint density at radius 3 is 2.12 bits per heavy atom. The molecule has 0 N–H and O–H groups in total. The summed E-state index contributed by atoms with van der Waals surface area (Å²) in [4.78, 5) is 30.5. The number of nitrogens with zero attached hydrogens (tertiary/aromatic N) is 3. The lowest BCUT2D eigenvalue weighted by atomic mass is 10.1. The van der Waals surface area contributed by atoms with E-state index in [1.54, 1.807) is 4.90 Å². The van der Waals surface area contributed by atoms with Gasteiger partial charge >= 0.3 is 6.09 Å². The number of ether oxygens (including phenoxy) is 1. The number of amides is 2. The summed E-state index contributed by atoms with van der Waals surface area (Å²) < 4.78 is 5.39. The predicted octanol–water partition coefficient (Wildman–Crippen LogP) is 2.06. The Kier molecular flexibility index (Phi) is 4.99. The molecule has 0 radical (unpaired) electrons. The highest BCUT2D eigenvalue weighted by atomic mass is 16.6. The smallest absolute Gasteiger partial charge is 0.410 e. The summed E-state index contributed by atoms with van der Waals surface area (Å²) >= 11 is 0. The van der Waals surface area contributed by atoms with E-state index in [4.69, 9.17) is 4.74 Å². The van der Waals surface area contributed by atoms with E-state index in [2.05, 4.69) is 4.90 Å². The molecule has 2 aliphatic rings. The Morgan fingerprint density at radius 1 is 0.960 bits per heavy atom. The third kappa shape index (κ3) is 4.31. The lowest BCUT2D eigenvalue weighted by molar-refractivity contribution is -0.0231. The van der Waals surface area contributed by atoms with Crippen LogP contribution >= 0.6 is 0 Å². The number of piperazine rings is 1. The Balaban J connectivity index is 1.43. The van der Waals surface area contributed by atoms with Gasteiger partial charge in [-0.3, -0.25) is 9.69 Å². The highest BCUT2D eigenvalue weighted by molar-refractivity contribution is 5.94. The van der Waals surface area contributed by atoms with Crippen LogP contribution in [0, 0.1) is 0 Å². The number of benzene rings is 1. The molecule has 1 aromatic carbocycles. The lowest BCUT2D eigenvalue weighted by Crippen LogP contribution is -2.64. The quantitative estimate of drug-likeness (QED) is 0.823. The second kappa shape index (κ2) is 7.04. The number of hydrogen-bond acceptors (Lipinski definition) is 4. The summed E-state index contributed by atoms with van der Waals surface area (Å²) in [6, 6.07) is 9.80. The van der Waals surface area contributed by atoms with Crippen molar-refractivity contribution in [2.45, 2.75) is 32.4 Å². The highest BCUT2D eigenvalue weighted by Crippen LogP contribution is 2.20. The molecule has 0 spiro atoms. The van der Waals surface area contributed by atoms with Crippen molar-refractivity contribution in [3.05, 3.63) is 35.9 Å². The van der Waals surface area contributed by atoms with Gasteiger partial charge in [-0.1, -0.05) is 18.2 Å². The number of carbonyl (C=O) groups is 2. The van der Waals surface area contributed by atoms with Crippen LogP contribution in [0.15, 0.2) is 30.3 Å². The topological polar surface area (TPSA) is 53.1 Å². The Hall–Kier alpha value is -2.08. The van der Waals surface area contributed by atoms with Crippen LogP contribution in [-0.2, 0) is 4.74 Å². The fourth-order valence-corrected chi connectivity index (χ4v) is 3.22. The first-order valence-electron chi connectivity index (χ1n) is 8.90. The first kappa shape index (κ1) is 17.7. The average Bonchev–Trinajstić information content (AvgIpc) is 2.52. The minimum Gasteiger partial charge on any atom is -0.444 e. The molecule has 6 heteroatoms. The zero-order chi connectivity index (χ0) is 18.0. The van der Waals surface area contributed by atoms with Crippen LogP contribution < -0.4 is 0 Å². The van der Waals surface area contributed by atoms with Gasteiger partial charge in [-0.05, 0) is 32.9 Å². The molecule has 0 unspecified atom stereocenters. The van der Waals surface area contributed by atoms with E-state index in [-0.39, 0.29) is 12.0 Å². The van der Waals surface area contributed by atoms with E-state index in [0.29, 0.717) is 19.1 Å². The van der Waals surface area contributed by atoms with Crippen LogP contribution in [0.25, 0.3) is 0 Å². The van der Waals surface area contributed by atoms with Crippen molar-refractivity contribution in [1.29, 1.82) is 0 Å². The minimum atomic E-state index is -0.453. The van der Waals surface area contributed by atoms with Gasteiger partial charge in [0.25, 0.3) is 5.91 Å². The molecule has 2 saturated heterocycles. The van der Waals surface area contributed by atoms with Gasteiger partial charge in [0.15, 0.2) is 0 Å². The molecular weight excluding hydrogens is 318 g/mol. The SMILES string of the molecule is CC(C)(C)OC(=O)N1CC(N2CCN(C(=O)c3ccccc3)CC2)C1. The monoisotopic (exact) mass is 345 g/mol. The minimum absolute atomic E-state index is 0.101. The maximum Gasteiger partial charge on any atom is 0.410 e. The number of carbonyl (C=O) groups excluding carboxylic acids is 2. The van der Waals surface area contributed by atoms with Crippen molar-refractivity contribution in [3.8, 4) is 0 Å². The van der Waals surface area contributed by atoms with E-state index in [1.807, 2.05) is 56.0 Å². The van der Waals surface area contributed by atoms with Crippen LogP contribution in [0.3, 0.4) is 0 Å². The van der Waals surface area contributed by atoms with Crippen LogP contribution in [-0.4, -0.2) is 77.6 Å². The number of rotatable bonds is 2. The highest BCUT2D eigenvalue weighted by Gasteiger charge is 2.38. The summed E-state index contributed by atoms with van der Waals surface area (Å²) in [7, 11) is 0. The van der Waals surface area contributed by atoms with Crippen molar-refractivity contribution < 1.29 is 14.3 Å². The second-order valence-electron chi connectivity index (χ2n) is 7.73. The first-order chi connectivity index (χ1) is 11.8. The molecule has 2 aliphatic heterocycles. The summed E-state index contributed by atoms with van der Waals surface area (Å²) in [5, 5.41) is 0. The van der Waals surface area contributed by atoms with Gasteiger partial charge in [-0.15, -0.1) is 0 Å². The summed E-state index contributed by atoms with van der Waals surface area (Å²) in [5.74, 6) is 0.101. The third-order valence-electron chi connectivity index (χ3n) is 4.65. The van der Waals surface area contributed by atoms with Crippen molar-refractivity contribution in [2.24, 2.45) is 0 Å². The standard InChI is InChI=1S/C19H27N3O3/c1-19(2,3)25-18(24)22-13-16(14-22)20-9-11-21(12-10-20)17(23)15-7-5-4-6-8-15/h4-8,16H,9-14H2,1-3H3. The van der Waals surface area contributed by atoms with Crippen molar-refractivity contribution >= 4 is 12.0 Å². The fourth-order valence-electron chi connectivity index (χ4n) is 3.22. The molecule has 0 aliphatic carbocycles. The molecule has 6 nitrogen and oxygen atoms in total. The van der Waals surface area contributed by atoms with Gasteiger partial charge in [-0.2, -0.15) is 0 Å². The summed E-state index contributed by atoms with van der Waals surface area (Å²) in [6.45, 7) is 10.2. The van der Waals surface area contributed by atoms with Gasteiger partial charge in [0, 0.05) is 50.9 Å². The van der Waals surface area contributed by atoms with E-state index >= 15 is 0 Å². The zero-order valence-corrected chi connectivity index (χ0v) is 15.3. The Bertz CT molecular complexity index is 613. The van der Waals surface area contributed by atoms with E-state index in [1.165, 1.54) is 0 Å². The van der Waals surface area contributed by atoms with Crippen LogP contribution in [0.2, 0.25) is 0 Å². The normalized spacial score (nSPS) is 19.5. The maximum absolute atomic E-state index is 12.5. The van der Waals surface area contributed by atoms with Gasteiger partial charge in [0.05, 0.1) is 0 Å². The largest absolute Gasteiger partial charge is 0.444 e. The summed E-state index contributed by atoms with van der Waals surface area (Å²) in [6.07, 6.45) is -0.235. The van der Waals surface area contributed by atoms with E-state index in [0.717, 1.165) is 31.7 Å². The molecule has 2 fully saturated rings. The molecule has 0 saturated carbocycles. The van der Waals surface area contributed by atoms with Gasteiger partial charge in [0.2, 0.25) is 0 Å². The molecular formula is C19H27N3O3. The third-order valence-corrected chi connectivity index (χ3v) is 4.65. The second-order valence-corrected chi connectivity index (χ2v) is 7.73. The average molecular weight is 345 g/mol. The molecule has 2 amide bonds. The van der Waals surface area contributed by atoms with Crippen molar-refractivity contribution in [1.82, 2.24) is 14.7 Å². The van der Waals surface area contributed by atoms with Crippen molar-refractivity contribution in [3.63, 3.8) is 0 Å². The summed E-state index contributed by atoms with van der Waals surface area (Å²) in [5.41, 5.74) is 0.293.